The van der Waals surface area contributed by atoms with Crippen molar-refractivity contribution >= 4 is 11.7 Å². The molecule has 0 radical (unpaired) electrons. The molecular weight excluding hydrogens is 392 g/mol. The number of carbonyl (C=O) groups is 1. The molecule has 3 heterocycles. The highest BCUT2D eigenvalue weighted by Crippen LogP contribution is 2.33. The molecule has 0 spiro atoms. The second kappa shape index (κ2) is 9.30. The van der Waals surface area contributed by atoms with Gasteiger partial charge in [0.15, 0.2) is 11.5 Å². The minimum absolute atomic E-state index is 0.160. The number of nitrogens with zero attached hydrogens (tertiary/aromatic N) is 3. The molecule has 2 fully saturated rings. The number of piperidine rings is 1. The van der Waals surface area contributed by atoms with E-state index in [2.05, 4.69) is 15.3 Å². The molecule has 3 aliphatic rings. The molecule has 166 valence electrons. The van der Waals surface area contributed by atoms with Gasteiger partial charge in [-0.15, -0.1) is 0 Å². The lowest BCUT2D eigenvalue weighted by atomic mass is 9.93. The smallest absolute Gasteiger partial charge is 0.256 e. The molecule has 1 saturated carbocycles. The van der Waals surface area contributed by atoms with Crippen LogP contribution in [0.1, 0.15) is 74.2 Å². The predicted octanol–water partition coefficient (Wildman–Crippen LogP) is 4.61. The number of anilines is 1. The lowest BCUT2D eigenvalue weighted by molar-refractivity contribution is 0.102. The summed E-state index contributed by atoms with van der Waals surface area (Å²) in [6.45, 7) is 2.43. The lowest BCUT2D eigenvalue weighted by Crippen LogP contribution is -2.42. The first-order chi connectivity index (χ1) is 15.3. The van der Waals surface area contributed by atoms with E-state index in [-0.39, 0.29) is 12.7 Å². The predicted molar refractivity (Wildman–Crippen MR) is 119 cm³/mol. The molecule has 1 aromatic heterocycles. The summed E-state index contributed by atoms with van der Waals surface area (Å²) in [6.07, 6.45) is 13.6. The average molecular weight is 425 g/mol. The second-order valence-corrected chi connectivity index (χ2v) is 8.95. The molecule has 7 nitrogen and oxygen atoms in total. The molecule has 1 amide bonds. The SMILES string of the molecule is O=C(Nc1ccnn1C1CCN(C2CCCCCCC2)CC1)c1ccc2c(c1)OCO2. The number of benzene rings is 1. The van der Waals surface area contributed by atoms with Crippen molar-refractivity contribution in [2.24, 2.45) is 0 Å². The van der Waals surface area contributed by atoms with Gasteiger partial charge in [0, 0.05) is 30.8 Å². The van der Waals surface area contributed by atoms with E-state index >= 15 is 0 Å². The molecular formula is C24H32N4O3. The largest absolute Gasteiger partial charge is 0.454 e. The molecule has 31 heavy (non-hydrogen) atoms. The zero-order valence-corrected chi connectivity index (χ0v) is 18.1. The van der Waals surface area contributed by atoms with Crippen LogP contribution in [0.5, 0.6) is 11.5 Å². The number of amides is 1. The van der Waals surface area contributed by atoms with Crippen LogP contribution in [-0.4, -0.2) is 46.5 Å². The van der Waals surface area contributed by atoms with Crippen molar-refractivity contribution in [1.82, 2.24) is 14.7 Å². The molecule has 0 atom stereocenters. The van der Waals surface area contributed by atoms with Crippen LogP contribution in [0.15, 0.2) is 30.5 Å². The summed E-state index contributed by atoms with van der Waals surface area (Å²) in [6, 6.07) is 8.23. The van der Waals surface area contributed by atoms with E-state index in [9.17, 15) is 4.79 Å². The molecule has 2 aliphatic heterocycles. The number of carbonyl (C=O) groups excluding carboxylic acids is 1. The van der Waals surface area contributed by atoms with Gasteiger partial charge in [0.2, 0.25) is 6.79 Å². The van der Waals surface area contributed by atoms with Gasteiger partial charge in [-0.2, -0.15) is 5.10 Å². The van der Waals surface area contributed by atoms with Gasteiger partial charge in [-0.1, -0.05) is 32.1 Å². The molecule has 2 aromatic rings. The Morgan fingerprint density at radius 1 is 0.903 bits per heavy atom. The Morgan fingerprint density at radius 2 is 1.65 bits per heavy atom. The Bertz CT molecular complexity index is 896. The zero-order valence-electron chi connectivity index (χ0n) is 18.1. The van der Waals surface area contributed by atoms with Crippen LogP contribution in [-0.2, 0) is 0 Å². The summed E-state index contributed by atoms with van der Waals surface area (Å²) in [5.74, 6) is 1.89. The fourth-order valence-corrected chi connectivity index (χ4v) is 5.23. The maximum Gasteiger partial charge on any atom is 0.256 e. The van der Waals surface area contributed by atoms with E-state index in [1.54, 1.807) is 24.4 Å². The Morgan fingerprint density at radius 3 is 2.45 bits per heavy atom. The number of rotatable bonds is 4. The maximum absolute atomic E-state index is 12.8. The molecule has 0 bridgehead atoms. The third-order valence-corrected chi connectivity index (χ3v) is 6.98. The van der Waals surface area contributed by atoms with Crippen LogP contribution in [0.2, 0.25) is 0 Å². The minimum atomic E-state index is -0.160. The normalized spacial score (nSPS) is 20.9. The summed E-state index contributed by atoms with van der Waals surface area (Å²) in [7, 11) is 0. The van der Waals surface area contributed by atoms with Gasteiger partial charge in [-0.05, 0) is 43.9 Å². The standard InChI is InChI=1S/C24H32N4O3/c29-24(18-8-9-21-22(16-18)31-17-30-21)26-23-10-13-25-28(23)20-11-14-27(15-12-20)19-6-4-2-1-3-5-7-19/h8-10,13,16,19-20H,1-7,11-12,14-15,17H2,(H,26,29). The van der Waals surface area contributed by atoms with Gasteiger partial charge in [0.05, 0.1) is 12.2 Å². The monoisotopic (exact) mass is 424 g/mol. The van der Waals surface area contributed by atoms with Crippen LogP contribution in [0.25, 0.3) is 0 Å². The Balaban J connectivity index is 1.20. The van der Waals surface area contributed by atoms with Gasteiger partial charge in [-0.3, -0.25) is 4.79 Å². The fourth-order valence-electron chi connectivity index (χ4n) is 5.23. The van der Waals surface area contributed by atoms with Crippen LogP contribution in [0.4, 0.5) is 5.82 Å². The van der Waals surface area contributed by atoms with Crippen molar-refractivity contribution in [3.63, 3.8) is 0 Å². The minimum Gasteiger partial charge on any atom is -0.454 e. The van der Waals surface area contributed by atoms with Crippen LogP contribution < -0.4 is 14.8 Å². The maximum atomic E-state index is 12.8. The number of aromatic nitrogens is 2. The first-order valence-electron chi connectivity index (χ1n) is 11.8. The molecule has 0 unspecified atom stereocenters. The van der Waals surface area contributed by atoms with Gasteiger partial charge in [0.1, 0.15) is 5.82 Å². The first kappa shape index (κ1) is 20.4. The van der Waals surface area contributed by atoms with Crippen molar-refractivity contribution in [3.05, 3.63) is 36.0 Å². The third kappa shape index (κ3) is 4.56. The highest BCUT2D eigenvalue weighted by Gasteiger charge is 2.27. The van der Waals surface area contributed by atoms with Crippen molar-refractivity contribution in [1.29, 1.82) is 0 Å². The van der Waals surface area contributed by atoms with Gasteiger partial charge in [-0.25, -0.2) is 4.68 Å². The first-order valence-corrected chi connectivity index (χ1v) is 11.8. The molecule has 1 aliphatic carbocycles. The third-order valence-electron chi connectivity index (χ3n) is 6.98. The van der Waals surface area contributed by atoms with E-state index in [1.165, 1.54) is 44.9 Å². The quantitative estimate of drug-likeness (QED) is 0.776. The number of hydrogen-bond acceptors (Lipinski definition) is 5. The average Bonchev–Trinajstić information content (AvgIpc) is 3.42. The second-order valence-electron chi connectivity index (χ2n) is 8.95. The van der Waals surface area contributed by atoms with Crippen LogP contribution >= 0.6 is 0 Å². The number of fused-ring (bicyclic) bond motifs is 1. The number of ether oxygens (including phenoxy) is 2. The van der Waals surface area contributed by atoms with Crippen molar-refractivity contribution in [3.8, 4) is 11.5 Å². The zero-order chi connectivity index (χ0) is 21.0. The molecule has 1 N–H and O–H groups in total. The Kier molecular flexibility index (Phi) is 6.11. The fraction of sp³-hybridized carbons (Fsp3) is 0.583. The van der Waals surface area contributed by atoms with Gasteiger partial charge in [0.25, 0.3) is 5.91 Å². The summed E-state index contributed by atoms with van der Waals surface area (Å²) < 4.78 is 12.7. The molecule has 7 heteroatoms. The summed E-state index contributed by atoms with van der Waals surface area (Å²) in [4.78, 5) is 15.5. The van der Waals surface area contributed by atoms with Gasteiger partial charge >= 0.3 is 0 Å². The van der Waals surface area contributed by atoms with Crippen molar-refractivity contribution in [2.45, 2.75) is 69.9 Å². The van der Waals surface area contributed by atoms with Crippen molar-refractivity contribution in [2.75, 3.05) is 25.2 Å². The summed E-state index contributed by atoms with van der Waals surface area (Å²) in [5, 5.41) is 7.58. The van der Waals surface area contributed by atoms with E-state index in [4.69, 9.17) is 9.47 Å². The highest BCUT2D eigenvalue weighted by atomic mass is 16.7. The Labute approximate surface area is 183 Å². The molecule has 1 saturated heterocycles. The van der Waals surface area contributed by atoms with Crippen LogP contribution in [0, 0.1) is 0 Å². The highest BCUT2D eigenvalue weighted by molar-refractivity contribution is 6.04. The number of nitrogens with one attached hydrogen (secondary N) is 1. The summed E-state index contributed by atoms with van der Waals surface area (Å²) >= 11 is 0. The van der Waals surface area contributed by atoms with E-state index < -0.39 is 0 Å². The lowest BCUT2D eigenvalue weighted by Gasteiger charge is -2.38. The van der Waals surface area contributed by atoms with E-state index in [1.807, 2.05) is 10.7 Å². The number of likely N-dealkylation sites (tertiary alicyclic amines) is 1. The number of hydrogen-bond donors (Lipinski definition) is 1. The topological polar surface area (TPSA) is 68.6 Å². The van der Waals surface area contributed by atoms with E-state index in [0.29, 0.717) is 23.1 Å². The molecule has 1 aromatic carbocycles. The van der Waals surface area contributed by atoms with Gasteiger partial charge < -0.3 is 19.7 Å². The van der Waals surface area contributed by atoms with E-state index in [0.717, 1.165) is 37.8 Å². The van der Waals surface area contributed by atoms with Crippen molar-refractivity contribution < 1.29 is 14.3 Å². The summed E-state index contributed by atoms with van der Waals surface area (Å²) in [5.41, 5.74) is 0.552. The Hall–Kier alpha value is -2.54. The van der Waals surface area contributed by atoms with Crippen LogP contribution in [0.3, 0.4) is 0 Å². The molecule has 5 rings (SSSR count).